The Kier molecular flexibility index (Phi) is 2.43. The zero-order valence-electron chi connectivity index (χ0n) is 7.86. The lowest BCUT2D eigenvalue weighted by atomic mass is 10.1. The van der Waals surface area contributed by atoms with E-state index in [2.05, 4.69) is 9.97 Å². The van der Waals surface area contributed by atoms with Crippen molar-refractivity contribution in [1.29, 1.82) is 0 Å². The predicted octanol–water partition coefficient (Wildman–Crippen LogP) is 1.44. The predicted molar refractivity (Wildman–Crippen MR) is 50.3 cm³/mol. The summed E-state index contributed by atoms with van der Waals surface area (Å²) in [4.78, 5) is 18.5. The number of nitrogens with zero attached hydrogens (tertiary/aromatic N) is 2. The molecule has 1 heterocycles. The van der Waals surface area contributed by atoms with Crippen molar-refractivity contribution in [3.05, 3.63) is 23.3 Å². The normalized spacial score (nSPS) is 15.7. The summed E-state index contributed by atoms with van der Waals surface area (Å²) in [5, 5.41) is 8.73. The molecule has 2 rings (SSSR count). The number of carbonyl (C=O) groups is 1. The lowest BCUT2D eigenvalue weighted by molar-refractivity contribution is 0.0683. The van der Waals surface area contributed by atoms with Crippen molar-refractivity contribution >= 4 is 5.97 Å². The lowest BCUT2D eigenvalue weighted by Crippen LogP contribution is -2.08. The quantitative estimate of drug-likeness (QED) is 0.684. The summed E-state index contributed by atoms with van der Waals surface area (Å²) in [5.74, 6) is -1.12. The number of hydrogen-bond donors (Lipinski definition) is 1. The van der Waals surface area contributed by atoms with Crippen LogP contribution in [0, 0.1) is 0 Å². The van der Waals surface area contributed by atoms with Gasteiger partial charge in [-0.2, -0.15) is 0 Å². The van der Waals surface area contributed by atoms with Gasteiger partial charge in [-0.25, -0.2) is 14.8 Å². The maximum Gasteiger partial charge on any atom is 0.373 e. The highest BCUT2D eigenvalue weighted by atomic mass is 16.4. The fraction of sp³-hybridized carbons (Fsp3) is 0.500. The van der Waals surface area contributed by atoms with Crippen molar-refractivity contribution in [3.63, 3.8) is 0 Å². The molecule has 1 aliphatic carbocycles. The molecule has 0 aromatic carbocycles. The Balaban J connectivity index is 2.37. The van der Waals surface area contributed by atoms with Gasteiger partial charge in [0.15, 0.2) is 0 Å². The number of aromatic nitrogens is 2. The summed E-state index contributed by atoms with van der Waals surface area (Å²) in [6.45, 7) is 0. The molecule has 0 amide bonds. The summed E-state index contributed by atoms with van der Waals surface area (Å²) < 4.78 is 0. The molecular formula is C10H12N2O2. The second-order valence-electron chi connectivity index (χ2n) is 3.53. The maximum absolute atomic E-state index is 10.6. The minimum absolute atomic E-state index is 0.0781. The van der Waals surface area contributed by atoms with Gasteiger partial charge in [0, 0.05) is 11.9 Å². The van der Waals surface area contributed by atoms with E-state index in [-0.39, 0.29) is 5.82 Å². The molecule has 0 spiro atoms. The number of carboxylic acids is 1. The van der Waals surface area contributed by atoms with Gasteiger partial charge in [0.05, 0.1) is 0 Å². The number of aromatic carboxylic acids is 1. The van der Waals surface area contributed by atoms with E-state index in [4.69, 9.17) is 5.11 Å². The molecule has 0 aliphatic heterocycles. The second-order valence-corrected chi connectivity index (χ2v) is 3.53. The molecule has 0 unspecified atom stereocenters. The van der Waals surface area contributed by atoms with Crippen molar-refractivity contribution in [1.82, 2.24) is 9.97 Å². The number of aryl methyl sites for hydroxylation is 2. The van der Waals surface area contributed by atoms with E-state index in [0.717, 1.165) is 36.9 Å². The monoisotopic (exact) mass is 192 g/mol. The van der Waals surface area contributed by atoms with Gasteiger partial charge < -0.3 is 5.11 Å². The van der Waals surface area contributed by atoms with Gasteiger partial charge in [0.25, 0.3) is 0 Å². The Hall–Kier alpha value is -1.45. The van der Waals surface area contributed by atoms with Crippen LogP contribution in [0.2, 0.25) is 0 Å². The van der Waals surface area contributed by atoms with Crippen LogP contribution in [0.3, 0.4) is 0 Å². The second kappa shape index (κ2) is 3.74. The third-order valence-electron chi connectivity index (χ3n) is 2.51. The first-order valence-corrected chi connectivity index (χ1v) is 4.85. The first kappa shape index (κ1) is 9.12. The molecule has 74 valence electrons. The Morgan fingerprint density at radius 3 is 2.86 bits per heavy atom. The molecule has 1 aliphatic rings. The number of fused-ring (bicyclic) bond motifs is 1. The van der Waals surface area contributed by atoms with Gasteiger partial charge in [-0.1, -0.05) is 6.42 Å². The standard InChI is InChI=1S/C10H12N2O2/c13-10(14)9-11-6-7-4-2-1-3-5-8(7)12-9/h6H,1-5H2,(H,13,14). The molecule has 14 heavy (non-hydrogen) atoms. The molecule has 0 fully saturated rings. The van der Waals surface area contributed by atoms with E-state index in [0.29, 0.717) is 0 Å². The SMILES string of the molecule is O=C(O)c1ncc2c(n1)CCCCC2. The van der Waals surface area contributed by atoms with Gasteiger partial charge in [0.2, 0.25) is 5.82 Å². The van der Waals surface area contributed by atoms with Crippen LogP contribution >= 0.6 is 0 Å². The number of carboxylic acid groups (broad SMARTS) is 1. The number of rotatable bonds is 1. The van der Waals surface area contributed by atoms with E-state index in [1.54, 1.807) is 6.20 Å². The van der Waals surface area contributed by atoms with Crippen LogP contribution in [-0.2, 0) is 12.8 Å². The molecule has 0 atom stereocenters. The van der Waals surface area contributed by atoms with Crippen LogP contribution in [0.15, 0.2) is 6.20 Å². The van der Waals surface area contributed by atoms with Crippen LogP contribution < -0.4 is 0 Å². The van der Waals surface area contributed by atoms with Gasteiger partial charge in [-0.3, -0.25) is 0 Å². The topological polar surface area (TPSA) is 63.1 Å². The van der Waals surface area contributed by atoms with Gasteiger partial charge in [-0.05, 0) is 31.2 Å². The zero-order chi connectivity index (χ0) is 9.97. The Labute approximate surface area is 82.0 Å². The van der Waals surface area contributed by atoms with Crippen molar-refractivity contribution in [2.45, 2.75) is 32.1 Å². The molecule has 0 saturated heterocycles. The summed E-state index contributed by atoms with van der Waals surface area (Å²) in [6, 6.07) is 0. The van der Waals surface area contributed by atoms with E-state index >= 15 is 0 Å². The highest BCUT2D eigenvalue weighted by Crippen LogP contribution is 2.17. The first-order valence-electron chi connectivity index (χ1n) is 4.85. The molecule has 4 nitrogen and oxygen atoms in total. The molecule has 0 saturated carbocycles. The lowest BCUT2D eigenvalue weighted by Gasteiger charge is -2.03. The molecule has 4 heteroatoms. The van der Waals surface area contributed by atoms with Gasteiger partial charge in [0.1, 0.15) is 0 Å². The molecule has 0 bridgehead atoms. The Bertz CT molecular complexity index is 363. The van der Waals surface area contributed by atoms with Crippen molar-refractivity contribution in [2.75, 3.05) is 0 Å². The summed E-state index contributed by atoms with van der Waals surface area (Å²) in [6.07, 6.45) is 6.98. The van der Waals surface area contributed by atoms with Gasteiger partial charge >= 0.3 is 5.97 Å². The van der Waals surface area contributed by atoms with Crippen molar-refractivity contribution < 1.29 is 9.90 Å². The Morgan fingerprint density at radius 2 is 2.07 bits per heavy atom. The number of hydrogen-bond acceptors (Lipinski definition) is 3. The van der Waals surface area contributed by atoms with Gasteiger partial charge in [-0.15, -0.1) is 0 Å². The average molecular weight is 192 g/mol. The summed E-state index contributed by atoms with van der Waals surface area (Å²) >= 11 is 0. The molecular weight excluding hydrogens is 180 g/mol. The van der Waals surface area contributed by atoms with Crippen LogP contribution in [-0.4, -0.2) is 21.0 Å². The highest BCUT2D eigenvalue weighted by molar-refractivity contribution is 5.83. The van der Waals surface area contributed by atoms with Crippen LogP contribution in [0.1, 0.15) is 41.1 Å². The third-order valence-corrected chi connectivity index (χ3v) is 2.51. The van der Waals surface area contributed by atoms with Crippen molar-refractivity contribution in [3.8, 4) is 0 Å². The van der Waals surface area contributed by atoms with E-state index < -0.39 is 5.97 Å². The first-order chi connectivity index (χ1) is 6.77. The highest BCUT2D eigenvalue weighted by Gasteiger charge is 2.13. The smallest absolute Gasteiger partial charge is 0.373 e. The largest absolute Gasteiger partial charge is 0.475 e. The third kappa shape index (κ3) is 1.73. The van der Waals surface area contributed by atoms with Crippen LogP contribution in [0.4, 0.5) is 0 Å². The average Bonchev–Trinajstić information content (AvgIpc) is 2.41. The van der Waals surface area contributed by atoms with Crippen LogP contribution in [0.5, 0.6) is 0 Å². The fourth-order valence-corrected chi connectivity index (χ4v) is 1.76. The van der Waals surface area contributed by atoms with E-state index in [1.807, 2.05) is 0 Å². The maximum atomic E-state index is 10.6. The van der Waals surface area contributed by atoms with Crippen molar-refractivity contribution in [2.24, 2.45) is 0 Å². The fourth-order valence-electron chi connectivity index (χ4n) is 1.76. The zero-order valence-corrected chi connectivity index (χ0v) is 7.86. The summed E-state index contributed by atoms with van der Waals surface area (Å²) in [5.41, 5.74) is 2.04. The van der Waals surface area contributed by atoms with E-state index in [1.165, 1.54) is 6.42 Å². The Morgan fingerprint density at radius 1 is 1.29 bits per heavy atom. The summed E-state index contributed by atoms with van der Waals surface area (Å²) in [7, 11) is 0. The molecule has 1 N–H and O–H groups in total. The molecule has 1 aromatic heterocycles. The van der Waals surface area contributed by atoms with Crippen LogP contribution in [0.25, 0.3) is 0 Å². The molecule has 1 aromatic rings. The molecule has 0 radical (unpaired) electrons. The van der Waals surface area contributed by atoms with E-state index in [9.17, 15) is 4.79 Å². The minimum atomic E-state index is -1.04. The minimum Gasteiger partial charge on any atom is -0.475 e.